The van der Waals surface area contributed by atoms with Gasteiger partial charge in [-0.2, -0.15) is 0 Å². The lowest BCUT2D eigenvalue weighted by molar-refractivity contribution is -0.117. The summed E-state index contributed by atoms with van der Waals surface area (Å²) in [6.45, 7) is 5.91. The van der Waals surface area contributed by atoms with Crippen LogP contribution in [0.4, 0.5) is 5.69 Å². The number of amides is 1. The molecule has 2 N–H and O–H groups in total. The molecule has 0 aliphatic carbocycles. The Kier molecular flexibility index (Phi) is 4.76. The van der Waals surface area contributed by atoms with Gasteiger partial charge < -0.3 is 10.6 Å². The number of nitrogens with one attached hydrogen (secondary N) is 2. The van der Waals surface area contributed by atoms with E-state index in [0.717, 1.165) is 23.1 Å². The van der Waals surface area contributed by atoms with Crippen molar-refractivity contribution in [3.8, 4) is 0 Å². The molecule has 0 aromatic heterocycles. The Morgan fingerprint density at radius 3 is 2.29 bits per heavy atom. The Morgan fingerprint density at radius 2 is 1.88 bits per heavy atom. The molecule has 0 saturated carbocycles. The quantitative estimate of drug-likeness (QED) is 0.760. The van der Waals surface area contributed by atoms with Gasteiger partial charge in [0.25, 0.3) is 0 Å². The predicted molar refractivity (Wildman–Crippen MR) is 75.3 cm³/mol. The van der Waals surface area contributed by atoms with Crippen LogP contribution in [0.2, 0.25) is 0 Å². The lowest BCUT2D eigenvalue weighted by Gasteiger charge is -2.16. The van der Waals surface area contributed by atoms with Crippen LogP contribution in [0.5, 0.6) is 0 Å². The molecule has 1 rings (SSSR count). The van der Waals surface area contributed by atoms with E-state index in [2.05, 4.69) is 30.6 Å². The van der Waals surface area contributed by atoms with Crippen molar-refractivity contribution in [3.63, 3.8) is 0 Å². The third-order valence-electron chi connectivity index (χ3n) is 3.08. The van der Waals surface area contributed by atoms with E-state index in [9.17, 15) is 4.79 Å². The molecule has 1 aromatic carbocycles. The molecule has 0 bridgehead atoms. The van der Waals surface area contributed by atoms with Crippen molar-refractivity contribution in [2.45, 2.75) is 33.1 Å². The molecule has 17 heavy (non-hydrogen) atoms. The van der Waals surface area contributed by atoms with Crippen molar-refractivity contribution in [1.82, 2.24) is 5.32 Å². The summed E-state index contributed by atoms with van der Waals surface area (Å²) >= 11 is 0. The Bertz CT molecular complexity index is 395. The summed E-state index contributed by atoms with van der Waals surface area (Å²) in [5.41, 5.74) is 4.49. The maximum Gasteiger partial charge on any atom is 0.241 e. The molecule has 0 radical (unpaired) electrons. The summed E-state index contributed by atoms with van der Waals surface area (Å²) in [4.78, 5) is 11.8. The standard InChI is InChI=1S/C13H21BN2O/c1-8-5-11(7-14)6-9(2)12(8)16-13(17)10(3)15-4/h5-6,10,15H,7,14H2,1-4H3,(H,16,17). The molecular weight excluding hydrogens is 211 g/mol. The summed E-state index contributed by atoms with van der Waals surface area (Å²) < 4.78 is 0. The van der Waals surface area contributed by atoms with Crippen molar-refractivity contribution < 1.29 is 4.79 Å². The highest BCUT2D eigenvalue weighted by molar-refractivity contribution is 6.08. The van der Waals surface area contributed by atoms with Crippen LogP contribution in [0.15, 0.2) is 12.1 Å². The Labute approximate surface area is 104 Å². The zero-order valence-electron chi connectivity index (χ0n) is 11.3. The average molecular weight is 232 g/mol. The Balaban J connectivity index is 2.95. The number of benzene rings is 1. The molecule has 0 fully saturated rings. The third kappa shape index (κ3) is 3.33. The number of aryl methyl sites for hydroxylation is 2. The third-order valence-corrected chi connectivity index (χ3v) is 3.08. The molecule has 1 aromatic rings. The van der Waals surface area contributed by atoms with Crippen molar-refractivity contribution >= 4 is 19.4 Å². The molecule has 1 unspecified atom stereocenters. The first-order valence-electron chi connectivity index (χ1n) is 6.07. The molecule has 0 saturated heterocycles. The van der Waals surface area contributed by atoms with E-state index >= 15 is 0 Å². The zero-order chi connectivity index (χ0) is 13.0. The van der Waals surface area contributed by atoms with Crippen molar-refractivity contribution in [1.29, 1.82) is 0 Å². The number of rotatable bonds is 4. The van der Waals surface area contributed by atoms with Crippen LogP contribution in [-0.4, -0.2) is 26.8 Å². The smallest absolute Gasteiger partial charge is 0.241 e. The van der Waals surface area contributed by atoms with Crippen LogP contribution in [0.3, 0.4) is 0 Å². The maximum atomic E-state index is 11.8. The molecule has 0 aliphatic rings. The van der Waals surface area contributed by atoms with Gasteiger partial charge in [-0.3, -0.25) is 4.79 Å². The van der Waals surface area contributed by atoms with Gasteiger partial charge in [0, 0.05) is 5.69 Å². The minimum absolute atomic E-state index is 0.00273. The van der Waals surface area contributed by atoms with Crippen LogP contribution in [0.1, 0.15) is 23.6 Å². The van der Waals surface area contributed by atoms with Crippen LogP contribution < -0.4 is 10.6 Å². The minimum Gasteiger partial charge on any atom is -0.324 e. The van der Waals surface area contributed by atoms with Crippen LogP contribution in [0, 0.1) is 13.8 Å². The largest absolute Gasteiger partial charge is 0.324 e. The Hall–Kier alpha value is -1.29. The van der Waals surface area contributed by atoms with Crippen LogP contribution in [-0.2, 0) is 11.1 Å². The van der Waals surface area contributed by atoms with Crippen molar-refractivity contribution in [2.75, 3.05) is 12.4 Å². The fraction of sp³-hybridized carbons (Fsp3) is 0.462. The SMILES string of the molecule is BCc1cc(C)c(NC(=O)C(C)NC)c(C)c1. The molecule has 1 atom stereocenters. The second kappa shape index (κ2) is 5.87. The zero-order valence-corrected chi connectivity index (χ0v) is 11.3. The molecular formula is C13H21BN2O. The Morgan fingerprint density at radius 1 is 1.35 bits per heavy atom. The monoisotopic (exact) mass is 232 g/mol. The number of likely N-dealkylation sites (N-methyl/N-ethyl adjacent to an activating group) is 1. The topological polar surface area (TPSA) is 41.1 Å². The first-order chi connectivity index (χ1) is 7.99. The van der Waals surface area contributed by atoms with E-state index in [4.69, 9.17) is 0 Å². The summed E-state index contributed by atoms with van der Waals surface area (Å²) in [7, 11) is 3.92. The molecule has 1 amide bonds. The molecule has 92 valence electrons. The van der Waals surface area contributed by atoms with Gasteiger partial charge in [0.15, 0.2) is 0 Å². The van der Waals surface area contributed by atoms with Gasteiger partial charge in [-0.25, -0.2) is 0 Å². The summed E-state index contributed by atoms with van der Waals surface area (Å²) in [6, 6.07) is 4.08. The fourth-order valence-electron chi connectivity index (χ4n) is 1.82. The lowest BCUT2D eigenvalue weighted by atomic mass is 9.93. The number of carbonyl (C=O) groups excluding carboxylic acids is 1. The molecule has 4 heteroatoms. The van der Waals surface area contributed by atoms with Gasteiger partial charge >= 0.3 is 0 Å². The van der Waals surface area contributed by atoms with Gasteiger partial charge in [0.2, 0.25) is 5.91 Å². The molecule has 0 aliphatic heterocycles. The molecule has 0 heterocycles. The predicted octanol–water partition coefficient (Wildman–Crippen LogP) is 0.983. The number of hydrogen-bond acceptors (Lipinski definition) is 2. The second-order valence-electron chi connectivity index (χ2n) is 4.46. The van der Waals surface area contributed by atoms with E-state index in [1.54, 1.807) is 7.05 Å². The van der Waals surface area contributed by atoms with Crippen molar-refractivity contribution in [3.05, 3.63) is 28.8 Å². The molecule has 0 spiro atoms. The number of carbonyl (C=O) groups is 1. The summed E-state index contributed by atoms with van der Waals surface area (Å²) in [5.74, 6) is 0.00273. The maximum absolute atomic E-state index is 11.8. The first kappa shape index (κ1) is 13.8. The van der Waals surface area contributed by atoms with Gasteiger partial charge in [-0.05, 0) is 38.9 Å². The van der Waals surface area contributed by atoms with Gasteiger partial charge in [0.05, 0.1) is 6.04 Å². The first-order valence-corrected chi connectivity index (χ1v) is 6.07. The van der Waals surface area contributed by atoms with Gasteiger partial charge in [-0.15, -0.1) is 0 Å². The lowest BCUT2D eigenvalue weighted by Crippen LogP contribution is -2.35. The van der Waals surface area contributed by atoms with E-state index in [0.29, 0.717) is 0 Å². The van der Waals surface area contributed by atoms with Crippen LogP contribution in [0.25, 0.3) is 0 Å². The van der Waals surface area contributed by atoms with Crippen LogP contribution >= 0.6 is 0 Å². The van der Waals surface area contributed by atoms with Gasteiger partial charge in [0.1, 0.15) is 7.85 Å². The van der Waals surface area contributed by atoms with Crippen molar-refractivity contribution in [2.24, 2.45) is 0 Å². The highest BCUT2D eigenvalue weighted by Gasteiger charge is 2.13. The second-order valence-corrected chi connectivity index (χ2v) is 4.46. The average Bonchev–Trinajstić information content (AvgIpc) is 2.31. The normalized spacial score (nSPS) is 12.2. The van der Waals surface area contributed by atoms with E-state index in [1.165, 1.54) is 5.56 Å². The highest BCUT2D eigenvalue weighted by atomic mass is 16.2. The van der Waals surface area contributed by atoms with E-state index < -0.39 is 0 Å². The summed E-state index contributed by atoms with van der Waals surface area (Å²) in [6.07, 6.45) is 1.02. The van der Waals surface area contributed by atoms with Gasteiger partial charge in [-0.1, -0.05) is 24.0 Å². The molecule has 3 nitrogen and oxygen atoms in total. The van der Waals surface area contributed by atoms with E-state index in [-0.39, 0.29) is 11.9 Å². The number of hydrogen-bond donors (Lipinski definition) is 2. The number of anilines is 1. The van der Waals surface area contributed by atoms with E-state index in [1.807, 2.05) is 20.8 Å². The fourth-order valence-corrected chi connectivity index (χ4v) is 1.82. The highest BCUT2D eigenvalue weighted by Crippen LogP contribution is 2.22. The minimum atomic E-state index is -0.181. The summed E-state index contributed by atoms with van der Waals surface area (Å²) in [5, 5.41) is 5.91.